The molecule has 0 atom stereocenters. The van der Waals surface area contributed by atoms with E-state index in [0.717, 1.165) is 5.56 Å². The Labute approximate surface area is 175 Å². The third-order valence-electron chi connectivity index (χ3n) is 4.53. The molecular weight excluding hydrogens is 378 g/mol. The van der Waals surface area contributed by atoms with Gasteiger partial charge in [-0.15, -0.1) is 0 Å². The lowest BCUT2D eigenvalue weighted by Gasteiger charge is -2.18. The molecule has 154 valence electrons. The number of rotatable bonds is 5. The van der Waals surface area contributed by atoms with Gasteiger partial charge in [0.15, 0.2) is 0 Å². The second-order valence-corrected chi connectivity index (χ2v) is 8.10. The number of hydrogen-bond donors (Lipinski definition) is 2. The Hall–Kier alpha value is -3.67. The number of carbonyl (C=O) groups is 2. The molecule has 2 aromatic carbocycles. The number of nitrogens with one attached hydrogen (secondary N) is 2. The van der Waals surface area contributed by atoms with Gasteiger partial charge in [-0.1, -0.05) is 45.0 Å². The lowest BCUT2D eigenvalue weighted by atomic mass is 9.95. The molecule has 3 aromatic rings. The van der Waals surface area contributed by atoms with Crippen molar-refractivity contribution in [2.75, 3.05) is 10.6 Å². The Morgan fingerprint density at radius 1 is 0.867 bits per heavy atom. The van der Waals surface area contributed by atoms with Gasteiger partial charge in [0.2, 0.25) is 5.91 Å². The van der Waals surface area contributed by atoms with Crippen molar-refractivity contribution in [2.45, 2.75) is 27.3 Å². The van der Waals surface area contributed by atoms with Gasteiger partial charge in [-0.05, 0) is 42.0 Å². The molecule has 1 heterocycles. The molecule has 2 amide bonds. The minimum Gasteiger partial charge on any atom is -0.326 e. The van der Waals surface area contributed by atoms with Crippen LogP contribution in [0.4, 0.5) is 11.4 Å². The predicted molar refractivity (Wildman–Crippen MR) is 119 cm³/mol. The van der Waals surface area contributed by atoms with Gasteiger partial charge in [-0.3, -0.25) is 14.4 Å². The van der Waals surface area contributed by atoms with Crippen molar-refractivity contribution in [3.05, 3.63) is 94.4 Å². The van der Waals surface area contributed by atoms with Crippen LogP contribution >= 0.6 is 0 Å². The first-order chi connectivity index (χ1) is 14.2. The summed E-state index contributed by atoms with van der Waals surface area (Å²) < 4.78 is 1.62. The number of hydrogen-bond acceptors (Lipinski definition) is 3. The number of nitrogens with zero attached hydrogens (tertiary/aromatic N) is 1. The molecule has 0 unspecified atom stereocenters. The SMILES string of the molecule is CC(C)(C)C(=O)Nc1cccc(C(=O)Nc2ccc(Cn3ccccc3=O)cc2)c1. The highest BCUT2D eigenvalue weighted by Crippen LogP contribution is 2.19. The van der Waals surface area contributed by atoms with Crippen LogP contribution in [-0.4, -0.2) is 16.4 Å². The second kappa shape index (κ2) is 8.78. The van der Waals surface area contributed by atoms with Crippen LogP contribution in [0, 0.1) is 5.41 Å². The van der Waals surface area contributed by atoms with Crippen LogP contribution in [0.1, 0.15) is 36.7 Å². The van der Waals surface area contributed by atoms with Crippen LogP contribution in [0.15, 0.2) is 77.7 Å². The third-order valence-corrected chi connectivity index (χ3v) is 4.53. The van der Waals surface area contributed by atoms with E-state index in [1.165, 1.54) is 6.07 Å². The quantitative estimate of drug-likeness (QED) is 0.672. The number of amides is 2. The van der Waals surface area contributed by atoms with E-state index in [-0.39, 0.29) is 17.4 Å². The highest BCUT2D eigenvalue weighted by Gasteiger charge is 2.21. The lowest BCUT2D eigenvalue weighted by molar-refractivity contribution is -0.123. The summed E-state index contributed by atoms with van der Waals surface area (Å²) >= 11 is 0. The van der Waals surface area contributed by atoms with Crippen molar-refractivity contribution in [2.24, 2.45) is 5.41 Å². The van der Waals surface area contributed by atoms with Gasteiger partial charge in [0.1, 0.15) is 0 Å². The Bertz CT molecular complexity index is 1110. The highest BCUT2D eigenvalue weighted by molar-refractivity contribution is 6.05. The summed E-state index contributed by atoms with van der Waals surface area (Å²) in [7, 11) is 0. The van der Waals surface area contributed by atoms with Crippen LogP contribution in [0.5, 0.6) is 0 Å². The summed E-state index contributed by atoms with van der Waals surface area (Å²) in [6.45, 7) is 5.95. The van der Waals surface area contributed by atoms with Crippen molar-refractivity contribution in [1.82, 2.24) is 4.57 Å². The molecule has 0 saturated heterocycles. The predicted octanol–water partition coefficient (Wildman–Crippen LogP) is 4.13. The van der Waals surface area contributed by atoms with Gasteiger partial charge in [0.05, 0.1) is 6.54 Å². The Morgan fingerprint density at radius 3 is 2.27 bits per heavy atom. The Morgan fingerprint density at radius 2 is 1.60 bits per heavy atom. The number of pyridine rings is 1. The van der Waals surface area contributed by atoms with Crippen LogP contribution in [0.25, 0.3) is 0 Å². The molecule has 0 saturated carbocycles. The molecule has 30 heavy (non-hydrogen) atoms. The van der Waals surface area contributed by atoms with Crippen molar-refractivity contribution >= 4 is 23.2 Å². The van der Waals surface area contributed by atoms with Gasteiger partial charge in [0, 0.05) is 34.6 Å². The third kappa shape index (κ3) is 5.44. The van der Waals surface area contributed by atoms with E-state index >= 15 is 0 Å². The number of anilines is 2. The Balaban J connectivity index is 1.66. The van der Waals surface area contributed by atoms with Crippen molar-refractivity contribution in [3.63, 3.8) is 0 Å². The average Bonchev–Trinajstić information content (AvgIpc) is 2.70. The molecule has 2 N–H and O–H groups in total. The highest BCUT2D eigenvalue weighted by atomic mass is 16.2. The largest absolute Gasteiger partial charge is 0.326 e. The molecule has 0 aliphatic heterocycles. The maximum absolute atomic E-state index is 12.6. The summed E-state index contributed by atoms with van der Waals surface area (Å²) in [5.74, 6) is -0.387. The molecule has 1 aromatic heterocycles. The first-order valence-corrected chi connectivity index (χ1v) is 9.70. The smallest absolute Gasteiger partial charge is 0.255 e. The van der Waals surface area contributed by atoms with Crippen molar-refractivity contribution in [1.29, 1.82) is 0 Å². The van der Waals surface area contributed by atoms with Gasteiger partial charge >= 0.3 is 0 Å². The maximum atomic E-state index is 12.6. The summed E-state index contributed by atoms with van der Waals surface area (Å²) in [4.78, 5) is 36.6. The standard InChI is InChI=1S/C24H25N3O3/c1-24(2,3)23(30)26-20-8-6-7-18(15-20)22(29)25-19-12-10-17(11-13-19)16-27-14-5-4-9-21(27)28/h4-15H,16H2,1-3H3,(H,25,29)(H,26,30). The fourth-order valence-electron chi connectivity index (χ4n) is 2.74. The number of aromatic nitrogens is 1. The van der Waals surface area contributed by atoms with Gasteiger partial charge < -0.3 is 15.2 Å². The van der Waals surface area contributed by atoms with Crippen LogP contribution in [0.2, 0.25) is 0 Å². The molecule has 3 rings (SSSR count). The molecule has 0 aliphatic rings. The van der Waals surface area contributed by atoms with Crippen molar-refractivity contribution in [3.8, 4) is 0 Å². The Kier molecular flexibility index (Phi) is 6.16. The molecule has 0 spiro atoms. The summed E-state index contributed by atoms with van der Waals surface area (Å²) in [6, 6.07) is 19.2. The zero-order valence-corrected chi connectivity index (χ0v) is 17.3. The van der Waals surface area contributed by atoms with Gasteiger partial charge in [0.25, 0.3) is 11.5 Å². The molecule has 0 radical (unpaired) electrons. The topological polar surface area (TPSA) is 80.2 Å². The molecule has 6 nitrogen and oxygen atoms in total. The fraction of sp³-hybridized carbons (Fsp3) is 0.208. The zero-order valence-electron chi connectivity index (χ0n) is 17.3. The first kappa shape index (κ1) is 21.0. The lowest BCUT2D eigenvalue weighted by Crippen LogP contribution is -2.27. The average molecular weight is 403 g/mol. The van der Waals surface area contributed by atoms with E-state index < -0.39 is 5.41 Å². The number of carbonyl (C=O) groups excluding carboxylic acids is 2. The number of benzene rings is 2. The van der Waals surface area contributed by atoms with Crippen LogP contribution in [-0.2, 0) is 11.3 Å². The first-order valence-electron chi connectivity index (χ1n) is 9.70. The van der Waals surface area contributed by atoms with Crippen molar-refractivity contribution < 1.29 is 9.59 Å². The summed E-state index contributed by atoms with van der Waals surface area (Å²) in [5, 5.41) is 5.68. The maximum Gasteiger partial charge on any atom is 0.255 e. The summed E-state index contributed by atoms with van der Waals surface area (Å²) in [6.07, 6.45) is 1.74. The van der Waals surface area contributed by atoms with E-state index in [2.05, 4.69) is 10.6 Å². The van der Waals surface area contributed by atoms with E-state index in [1.54, 1.807) is 53.2 Å². The van der Waals surface area contributed by atoms with Gasteiger partial charge in [-0.25, -0.2) is 0 Å². The molecule has 0 bridgehead atoms. The van der Waals surface area contributed by atoms with E-state index in [1.807, 2.05) is 39.0 Å². The van der Waals surface area contributed by atoms with Gasteiger partial charge in [-0.2, -0.15) is 0 Å². The normalized spacial score (nSPS) is 11.0. The monoisotopic (exact) mass is 403 g/mol. The molecular formula is C24H25N3O3. The van der Waals surface area contributed by atoms with Crippen LogP contribution < -0.4 is 16.2 Å². The second-order valence-electron chi connectivity index (χ2n) is 8.10. The van der Waals surface area contributed by atoms with E-state index in [4.69, 9.17) is 0 Å². The zero-order chi connectivity index (χ0) is 21.7. The van der Waals surface area contributed by atoms with E-state index in [9.17, 15) is 14.4 Å². The molecule has 0 aliphatic carbocycles. The van der Waals surface area contributed by atoms with E-state index in [0.29, 0.717) is 23.5 Å². The summed E-state index contributed by atoms with van der Waals surface area (Å²) in [5.41, 5.74) is 2.04. The molecule has 0 fully saturated rings. The fourth-order valence-corrected chi connectivity index (χ4v) is 2.74. The molecule has 6 heteroatoms. The minimum atomic E-state index is -0.523. The van der Waals surface area contributed by atoms with Crippen LogP contribution in [0.3, 0.4) is 0 Å². The minimum absolute atomic E-state index is 0.0617.